The highest BCUT2D eigenvalue weighted by Gasteiger charge is 2.14. The number of anilines is 1. The Hall–Kier alpha value is -2.34. The van der Waals surface area contributed by atoms with Gasteiger partial charge < -0.3 is 0 Å². The lowest BCUT2D eigenvalue weighted by atomic mass is 10.1. The first kappa shape index (κ1) is 17.5. The van der Waals surface area contributed by atoms with E-state index in [-0.39, 0.29) is 4.90 Å². The SMILES string of the molecule is CCCCCCc1ccc(S(=O)(=O)Nc2ccc3cn[nH]c3c2)cc1. The van der Waals surface area contributed by atoms with E-state index >= 15 is 0 Å². The third-order valence-electron chi connectivity index (χ3n) is 4.25. The van der Waals surface area contributed by atoms with Crippen LogP contribution < -0.4 is 4.72 Å². The molecule has 0 aliphatic rings. The van der Waals surface area contributed by atoms with Crippen LogP contribution in [0.5, 0.6) is 0 Å². The first-order valence-electron chi connectivity index (χ1n) is 8.63. The molecule has 0 saturated heterocycles. The standard InChI is InChI=1S/C19H23N3O2S/c1-2-3-4-5-6-15-7-11-18(12-8-15)25(23,24)22-17-10-9-16-14-20-21-19(16)13-17/h7-14,22H,2-6H2,1H3,(H,20,21). The van der Waals surface area contributed by atoms with Crippen molar-refractivity contribution in [2.75, 3.05) is 4.72 Å². The molecule has 6 heteroatoms. The average Bonchev–Trinajstić information content (AvgIpc) is 3.06. The van der Waals surface area contributed by atoms with Gasteiger partial charge in [-0.05, 0) is 48.7 Å². The normalized spacial score (nSPS) is 11.7. The van der Waals surface area contributed by atoms with Crippen molar-refractivity contribution in [1.29, 1.82) is 0 Å². The van der Waals surface area contributed by atoms with Crippen LogP contribution in [0.1, 0.15) is 38.2 Å². The van der Waals surface area contributed by atoms with Gasteiger partial charge in [0.2, 0.25) is 0 Å². The van der Waals surface area contributed by atoms with Gasteiger partial charge >= 0.3 is 0 Å². The zero-order chi connectivity index (χ0) is 17.7. The topological polar surface area (TPSA) is 74.8 Å². The Bertz CT molecular complexity index is 931. The number of fused-ring (bicyclic) bond motifs is 1. The average molecular weight is 357 g/mol. The van der Waals surface area contributed by atoms with Crippen LogP contribution in [0.15, 0.2) is 53.6 Å². The molecule has 0 amide bonds. The highest BCUT2D eigenvalue weighted by molar-refractivity contribution is 7.92. The van der Waals surface area contributed by atoms with Crippen LogP contribution in [0, 0.1) is 0 Å². The van der Waals surface area contributed by atoms with Crippen LogP contribution >= 0.6 is 0 Å². The third kappa shape index (κ3) is 4.39. The molecule has 25 heavy (non-hydrogen) atoms. The molecule has 0 unspecified atom stereocenters. The quantitative estimate of drug-likeness (QED) is 0.583. The van der Waals surface area contributed by atoms with E-state index < -0.39 is 10.0 Å². The number of nitrogens with one attached hydrogen (secondary N) is 2. The number of sulfonamides is 1. The summed E-state index contributed by atoms with van der Waals surface area (Å²) < 4.78 is 27.7. The fourth-order valence-corrected chi connectivity index (χ4v) is 3.86. The molecular formula is C19H23N3O2S. The van der Waals surface area contributed by atoms with Gasteiger partial charge in [0, 0.05) is 5.39 Å². The van der Waals surface area contributed by atoms with Gasteiger partial charge in [-0.1, -0.05) is 38.3 Å². The number of H-pyrrole nitrogens is 1. The maximum atomic E-state index is 12.5. The molecule has 1 heterocycles. The lowest BCUT2D eigenvalue weighted by Crippen LogP contribution is -2.12. The van der Waals surface area contributed by atoms with Crippen molar-refractivity contribution in [2.45, 2.75) is 43.9 Å². The van der Waals surface area contributed by atoms with E-state index in [2.05, 4.69) is 21.8 Å². The molecule has 3 rings (SSSR count). The number of unbranched alkanes of at least 4 members (excludes halogenated alkanes) is 3. The summed E-state index contributed by atoms with van der Waals surface area (Å²) in [6.45, 7) is 2.19. The summed E-state index contributed by atoms with van der Waals surface area (Å²) in [5.74, 6) is 0. The van der Waals surface area contributed by atoms with Crippen LogP contribution in [0.4, 0.5) is 5.69 Å². The molecule has 2 aromatic carbocycles. The van der Waals surface area contributed by atoms with E-state index in [1.807, 2.05) is 18.2 Å². The minimum Gasteiger partial charge on any atom is -0.280 e. The monoisotopic (exact) mass is 357 g/mol. The van der Waals surface area contributed by atoms with Crippen LogP contribution in [0.3, 0.4) is 0 Å². The highest BCUT2D eigenvalue weighted by atomic mass is 32.2. The zero-order valence-electron chi connectivity index (χ0n) is 14.3. The van der Waals surface area contributed by atoms with Crippen LogP contribution in [0.2, 0.25) is 0 Å². The Kier molecular flexibility index (Phi) is 5.38. The molecule has 0 bridgehead atoms. The Morgan fingerprint density at radius 3 is 2.60 bits per heavy atom. The number of nitrogens with zero attached hydrogens (tertiary/aromatic N) is 1. The number of rotatable bonds is 8. The van der Waals surface area contributed by atoms with E-state index in [0.29, 0.717) is 5.69 Å². The van der Waals surface area contributed by atoms with Gasteiger partial charge in [-0.15, -0.1) is 0 Å². The molecule has 0 radical (unpaired) electrons. The molecule has 0 saturated carbocycles. The lowest BCUT2D eigenvalue weighted by molar-refractivity contribution is 0.601. The summed E-state index contributed by atoms with van der Waals surface area (Å²) >= 11 is 0. The van der Waals surface area contributed by atoms with Crippen molar-refractivity contribution < 1.29 is 8.42 Å². The second-order valence-electron chi connectivity index (χ2n) is 6.23. The van der Waals surface area contributed by atoms with Crippen molar-refractivity contribution in [3.8, 4) is 0 Å². The minimum absolute atomic E-state index is 0.273. The number of benzene rings is 2. The maximum absolute atomic E-state index is 12.5. The fourth-order valence-electron chi connectivity index (χ4n) is 2.81. The summed E-state index contributed by atoms with van der Waals surface area (Å²) in [5, 5.41) is 7.72. The molecule has 3 aromatic rings. The number of aromatic nitrogens is 2. The number of hydrogen-bond donors (Lipinski definition) is 2. The third-order valence-corrected chi connectivity index (χ3v) is 5.64. The first-order valence-corrected chi connectivity index (χ1v) is 10.1. The zero-order valence-corrected chi connectivity index (χ0v) is 15.1. The van der Waals surface area contributed by atoms with E-state index in [9.17, 15) is 8.42 Å². The van der Waals surface area contributed by atoms with Gasteiger partial charge in [-0.2, -0.15) is 5.10 Å². The van der Waals surface area contributed by atoms with Crippen molar-refractivity contribution >= 4 is 26.6 Å². The number of aryl methyl sites for hydroxylation is 1. The van der Waals surface area contributed by atoms with Crippen molar-refractivity contribution in [2.24, 2.45) is 0 Å². The fraction of sp³-hybridized carbons (Fsp3) is 0.316. The molecule has 2 N–H and O–H groups in total. The predicted octanol–water partition coefficient (Wildman–Crippen LogP) is 4.49. The summed E-state index contributed by atoms with van der Waals surface area (Å²) in [6, 6.07) is 12.4. The maximum Gasteiger partial charge on any atom is 0.261 e. The Labute approximate surface area is 148 Å². The largest absolute Gasteiger partial charge is 0.280 e. The summed E-state index contributed by atoms with van der Waals surface area (Å²) in [4.78, 5) is 0.273. The van der Waals surface area contributed by atoms with Gasteiger partial charge in [0.1, 0.15) is 0 Å². The van der Waals surface area contributed by atoms with Crippen molar-refractivity contribution in [3.05, 3.63) is 54.2 Å². The van der Waals surface area contributed by atoms with Crippen molar-refractivity contribution in [3.63, 3.8) is 0 Å². The summed E-state index contributed by atoms with van der Waals surface area (Å²) in [6.07, 6.45) is 7.51. The number of hydrogen-bond acceptors (Lipinski definition) is 3. The Balaban J connectivity index is 1.68. The Morgan fingerprint density at radius 2 is 1.84 bits per heavy atom. The number of aromatic amines is 1. The van der Waals surface area contributed by atoms with Gasteiger partial charge in [0.25, 0.3) is 10.0 Å². The molecule has 0 aliphatic heterocycles. The molecular weight excluding hydrogens is 334 g/mol. The second kappa shape index (κ2) is 7.70. The van der Waals surface area contributed by atoms with E-state index in [4.69, 9.17) is 0 Å². The Morgan fingerprint density at radius 1 is 1.04 bits per heavy atom. The van der Waals surface area contributed by atoms with Crippen LogP contribution in [-0.2, 0) is 16.4 Å². The van der Waals surface area contributed by atoms with Gasteiger partial charge in [0.05, 0.1) is 22.3 Å². The molecule has 0 spiro atoms. The van der Waals surface area contributed by atoms with Crippen LogP contribution in [0.25, 0.3) is 10.9 Å². The van der Waals surface area contributed by atoms with Crippen molar-refractivity contribution in [1.82, 2.24) is 10.2 Å². The molecule has 0 fully saturated rings. The highest BCUT2D eigenvalue weighted by Crippen LogP contribution is 2.21. The predicted molar refractivity (Wildman–Crippen MR) is 101 cm³/mol. The first-order chi connectivity index (χ1) is 12.1. The molecule has 5 nitrogen and oxygen atoms in total. The molecule has 0 atom stereocenters. The van der Waals surface area contributed by atoms with Gasteiger partial charge in [-0.25, -0.2) is 8.42 Å². The molecule has 132 valence electrons. The van der Waals surface area contributed by atoms with Gasteiger partial charge in [-0.3, -0.25) is 9.82 Å². The minimum atomic E-state index is -3.60. The summed E-state index contributed by atoms with van der Waals surface area (Å²) in [7, 11) is -3.60. The smallest absolute Gasteiger partial charge is 0.261 e. The van der Waals surface area contributed by atoms with E-state index in [1.165, 1.54) is 24.8 Å². The van der Waals surface area contributed by atoms with E-state index in [0.717, 1.165) is 23.7 Å². The molecule has 1 aromatic heterocycles. The summed E-state index contributed by atoms with van der Waals surface area (Å²) in [5.41, 5.74) is 2.48. The van der Waals surface area contributed by atoms with Crippen LogP contribution in [-0.4, -0.2) is 18.6 Å². The van der Waals surface area contributed by atoms with Gasteiger partial charge in [0.15, 0.2) is 0 Å². The lowest BCUT2D eigenvalue weighted by Gasteiger charge is -2.09. The molecule has 0 aliphatic carbocycles. The van der Waals surface area contributed by atoms with E-state index in [1.54, 1.807) is 30.5 Å². The second-order valence-corrected chi connectivity index (χ2v) is 7.91.